The lowest BCUT2D eigenvalue weighted by molar-refractivity contribution is -0.116. The predicted molar refractivity (Wildman–Crippen MR) is 124 cm³/mol. The Morgan fingerprint density at radius 3 is 2.35 bits per heavy atom. The number of nitrogens with one attached hydrogen (secondary N) is 1. The molecule has 7 nitrogen and oxygen atoms in total. The van der Waals surface area contributed by atoms with Crippen LogP contribution in [0.5, 0.6) is 0 Å². The lowest BCUT2D eigenvalue weighted by atomic mass is 10.1. The molecule has 1 fully saturated rings. The zero-order valence-electron chi connectivity index (χ0n) is 18.6. The van der Waals surface area contributed by atoms with Crippen LogP contribution in [0.15, 0.2) is 28.3 Å². The van der Waals surface area contributed by atoms with Gasteiger partial charge in [-0.2, -0.15) is 4.31 Å². The topological polar surface area (TPSA) is 92.3 Å². The molecule has 2 heterocycles. The van der Waals surface area contributed by atoms with Crippen LogP contribution in [0.4, 0.5) is 5.69 Å². The first-order valence-electron chi connectivity index (χ1n) is 10.5. The molecule has 0 atom stereocenters. The molecule has 0 bridgehead atoms. The Bertz CT molecular complexity index is 1040. The SMILES string of the molecule is CSc1nc(C)c(CCC(=O)Nc2ccc(C)c(S(=O)(=O)N3CCCCC3)c2)c(C)n1. The monoisotopic (exact) mass is 462 g/mol. The molecule has 168 valence electrons. The maximum Gasteiger partial charge on any atom is 0.243 e. The molecule has 1 saturated heterocycles. The van der Waals surface area contributed by atoms with Gasteiger partial charge in [0.05, 0.1) is 4.90 Å². The van der Waals surface area contributed by atoms with Crippen LogP contribution in [-0.2, 0) is 21.2 Å². The molecule has 3 rings (SSSR count). The van der Waals surface area contributed by atoms with E-state index in [2.05, 4.69) is 15.3 Å². The van der Waals surface area contributed by atoms with Crippen LogP contribution in [0.3, 0.4) is 0 Å². The highest BCUT2D eigenvalue weighted by molar-refractivity contribution is 7.98. The number of carbonyl (C=O) groups excluding carboxylic acids is 1. The van der Waals surface area contributed by atoms with Crippen LogP contribution >= 0.6 is 11.8 Å². The summed E-state index contributed by atoms with van der Waals surface area (Å²) in [6.07, 6.45) is 5.56. The summed E-state index contributed by atoms with van der Waals surface area (Å²) in [5.41, 5.74) is 3.92. The largest absolute Gasteiger partial charge is 0.326 e. The number of nitrogens with zero attached hydrogens (tertiary/aromatic N) is 3. The summed E-state index contributed by atoms with van der Waals surface area (Å²) in [7, 11) is -3.56. The van der Waals surface area contributed by atoms with Crippen molar-refractivity contribution in [2.24, 2.45) is 0 Å². The van der Waals surface area contributed by atoms with Crippen molar-refractivity contribution < 1.29 is 13.2 Å². The highest BCUT2D eigenvalue weighted by atomic mass is 32.2. The molecule has 0 spiro atoms. The fourth-order valence-electron chi connectivity index (χ4n) is 3.82. The van der Waals surface area contributed by atoms with Crippen molar-refractivity contribution in [2.75, 3.05) is 24.7 Å². The maximum atomic E-state index is 13.1. The fraction of sp³-hybridized carbons (Fsp3) is 0.500. The highest BCUT2D eigenvalue weighted by Crippen LogP contribution is 2.26. The van der Waals surface area contributed by atoms with Gasteiger partial charge in [-0.1, -0.05) is 24.2 Å². The lowest BCUT2D eigenvalue weighted by Crippen LogP contribution is -2.36. The average Bonchev–Trinajstić information content (AvgIpc) is 2.74. The maximum absolute atomic E-state index is 13.1. The van der Waals surface area contributed by atoms with E-state index in [1.807, 2.05) is 20.1 Å². The van der Waals surface area contributed by atoms with Crippen LogP contribution in [0.2, 0.25) is 0 Å². The molecule has 1 aromatic carbocycles. The molecule has 2 aromatic rings. The van der Waals surface area contributed by atoms with Gasteiger partial charge in [0.15, 0.2) is 5.16 Å². The van der Waals surface area contributed by atoms with Crippen molar-refractivity contribution in [2.45, 2.75) is 62.9 Å². The second kappa shape index (κ2) is 10.1. The summed E-state index contributed by atoms with van der Waals surface area (Å²) < 4.78 is 27.7. The van der Waals surface area contributed by atoms with Gasteiger partial charge in [-0.3, -0.25) is 4.79 Å². The molecule has 1 aliphatic rings. The Morgan fingerprint density at radius 2 is 1.74 bits per heavy atom. The number of sulfonamides is 1. The smallest absolute Gasteiger partial charge is 0.243 e. The minimum Gasteiger partial charge on any atom is -0.326 e. The summed E-state index contributed by atoms with van der Waals surface area (Å²) in [4.78, 5) is 21.7. The Morgan fingerprint density at radius 1 is 1.10 bits per heavy atom. The standard InChI is InChI=1S/C22H30N4O3S2/c1-15-8-9-18(14-20(15)31(28,29)26-12-6-5-7-13-26)25-21(27)11-10-19-16(2)23-22(30-4)24-17(19)3/h8-9,14H,5-7,10-13H2,1-4H3,(H,25,27). The van der Waals surface area contributed by atoms with Crippen molar-refractivity contribution in [1.29, 1.82) is 0 Å². The number of rotatable bonds is 7. The van der Waals surface area contributed by atoms with Gasteiger partial charge < -0.3 is 5.32 Å². The number of anilines is 1. The lowest BCUT2D eigenvalue weighted by Gasteiger charge is -2.26. The molecule has 0 saturated carbocycles. The number of amides is 1. The quantitative estimate of drug-likeness (QED) is 0.496. The van der Waals surface area contributed by atoms with Crippen LogP contribution in [0, 0.1) is 20.8 Å². The number of hydrogen-bond acceptors (Lipinski definition) is 6. The van der Waals surface area contributed by atoms with Crippen LogP contribution < -0.4 is 5.32 Å². The van der Waals surface area contributed by atoms with Crippen molar-refractivity contribution in [3.8, 4) is 0 Å². The van der Waals surface area contributed by atoms with Crippen molar-refractivity contribution in [3.05, 3.63) is 40.7 Å². The van der Waals surface area contributed by atoms with Gasteiger partial charge in [0.25, 0.3) is 0 Å². The summed E-state index contributed by atoms with van der Waals surface area (Å²) in [6.45, 7) is 6.74. The number of carbonyl (C=O) groups is 1. The Hall–Kier alpha value is -1.97. The summed E-state index contributed by atoms with van der Waals surface area (Å²) in [5.74, 6) is -0.169. The third-order valence-corrected chi connectivity index (χ3v) is 8.18. The van der Waals surface area contributed by atoms with Crippen LogP contribution in [-0.4, -0.2) is 47.9 Å². The molecule has 1 amide bonds. The van der Waals surface area contributed by atoms with E-state index in [4.69, 9.17) is 0 Å². The van der Waals surface area contributed by atoms with E-state index in [1.165, 1.54) is 11.8 Å². The van der Waals surface area contributed by atoms with Gasteiger partial charge in [0.2, 0.25) is 15.9 Å². The van der Waals surface area contributed by atoms with Crippen LogP contribution in [0.1, 0.15) is 48.2 Å². The van der Waals surface area contributed by atoms with E-state index in [0.717, 1.165) is 41.4 Å². The molecule has 31 heavy (non-hydrogen) atoms. The van der Waals surface area contributed by atoms with Crippen molar-refractivity contribution in [1.82, 2.24) is 14.3 Å². The zero-order valence-corrected chi connectivity index (χ0v) is 20.2. The molecule has 1 aliphatic heterocycles. The van der Waals surface area contributed by atoms with Crippen molar-refractivity contribution in [3.63, 3.8) is 0 Å². The normalized spacial score (nSPS) is 15.1. The Labute approximate surface area is 189 Å². The highest BCUT2D eigenvalue weighted by Gasteiger charge is 2.27. The number of hydrogen-bond donors (Lipinski definition) is 1. The van der Waals surface area contributed by atoms with E-state index >= 15 is 0 Å². The first-order valence-corrected chi connectivity index (χ1v) is 13.2. The number of piperidine rings is 1. The van der Waals surface area contributed by atoms with Gasteiger partial charge >= 0.3 is 0 Å². The number of benzene rings is 1. The van der Waals surface area contributed by atoms with E-state index < -0.39 is 10.0 Å². The molecule has 1 aromatic heterocycles. The summed E-state index contributed by atoms with van der Waals surface area (Å²) >= 11 is 1.49. The minimum atomic E-state index is -3.56. The van der Waals surface area contributed by atoms with Gasteiger partial charge in [-0.25, -0.2) is 18.4 Å². The molecule has 1 N–H and O–H groups in total. The Balaban J connectivity index is 1.70. The number of aryl methyl sites for hydroxylation is 3. The van der Waals surface area contributed by atoms with Gasteiger partial charge in [-0.05, 0) is 69.5 Å². The second-order valence-corrected chi connectivity index (χ2v) is 10.5. The van der Waals surface area contributed by atoms with E-state index in [0.29, 0.717) is 30.8 Å². The number of aromatic nitrogens is 2. The van der Waals surface area contributed by atoms with E-state index in [9.17, 15) is 13.2 Å². The summed E-state index contributed by atoms with van der Waals surface area (Å²) in [5, 5.41) is 3.58. The molecule has 9 heteroatoms. The third-order valence-electron chi connectivity index (χ3n) is 5.59. The van der Waals surface area contributed by atoms with Gasteiger partial charge in [0.1, 0.15) is 0 Å². The minimum absolute atomic E-state index is 0.169. The third kappa shape index (κ3) is 5.64. The molecule has 0 unspecified atom stereocenters. The molecular weight excluding hydrogens is 432 g/mol. The first-order chi connectivity index (χ1) is 14.7. The first kappa shape index (κ1) is 23.7. The van der Waals surface area contributed by atoms with E-state index in [-0.39, 0.29) is 17.2 Å². The molecule has 0 radical (unpaired) electrons. The molecule has 0 aliphatic carbocycles. The fourth-order valence-corrected chi connectivity index (χ4v) is 6.05. The average molecular weight is 463 g/mol. The number of thioether (sulfide) groups is 1. The summed E-state index contributed by atoms with van der Waals surface area (Å²) in [6, 6.07) is 5.06. The Kier molecular flexibility index (Phi) is 7.72. The molecular formula is C22H30N4O3S2. The van der Waals surface area contributed by atoms with Gasteiger partial charge in [0, 0.05) is 36.6 Å². The zero-order chi connectivity index (χ0) is 22.6. The van der Waals surface area contributed by atoms with Crippen LogP contribution in [0.25, 0.3) is 0 Å². The van der Waals surface area contributed by atoms with Crippen molar-refractivity contribution >= 4 is 33.4 Å². The van der Waals surface area contributed by atoms with Gasteiger partial charge in [-0.15, -0.1) is 0 Å². The predicted octanol–water partition coefficient (Wildman–Crippen LogP) is 3.87. The second-order valence-electron chi connectivity index (χ2n) is 7.85. The van der Waals surface area contributed by atoms with E-state index in [1.54, 1.807) is 29.4 Å².